The number of nitrogens with one attached hydrogen (secondary N) is 1. The Morgan fingerprint density at radius 3 is 2.63 bits per heavy atom. The molecular formula is C22H22N3OS+. The molecule has 0 saturated carbocycles. The van der Waals surface area contributed by atoms with E-state index in [1.165, 1.54) is 16.0 Å². The van der Waals surface area contributed by atoms with Crippen LogP contribution in [0.5, 0.6) is 0 Å². The molecule has 3 N–H and O–H groups in total. The summed E-state index contributed by atoms with van der Waals surface area (Å²) < 4.78 is 0. The van der Waals surface area contributed by atoms with E-state index in [0.29, 0.717) is 17.8 Å². The first-order valence-corrected chi connectivity index (χ1v) is 10.1. The molecule has 4 aromatic rings. The summed E-state index contributed by atoms with van der Waals surface area (Å²) in [5, 5.41) is 4.97. The first-order chi connectivity index (χ1) is 13.2. The fraction of sp³-hybridized carbons (Fsp3) is 0.182. The SMILES string of the molecule is CCc1ccc([C@H]([NH2+]Cc2nc3ccccc3c(=O)[nH]2)c2cccs2)cc1. The van der Waals surface area contributed by atoms with Crippen molar-refractivity contribution in [2.75, 3.05) is 0 Å². The Labute approximate surface area is 161 Å². The van der Waals surface area contributed by atoms with E-state index in [1.54, 1.807) is 17.4 Å². The zero-order valence-corrected chi connectivity index (χ0v) is 16.0. The molecule has 0 aliphatic heterocycles. The van der Waals surface area contributed by atoms with Crippen molar-refractivity contribution in [2.24, 2.45) is 0 Å². The molecule has 0 amide bonds. The molecule has 4 nitrogen and oxygen atoms in total. The standard InChI is InChI=1S/C22H21N3OS/c1-2-15-9-11-16(12-10-15)21(19-8-5-13-27-19)23-14-20-24-18-7-4-3-6-17(18)22(26)25-20/h3-13,21,23H,2,14H2,1H3,(H,24,25,26)/p+1/t21-/m0/s1. The van der Waals surface area contributed by atoms with E-state index in [4.69, 9.17) is 0 Å². The summed E-state index contributed by atoms with van der Waals surface area (Å²) in [7, 11) is 0. The van der Waals surface area contributed by atoms with E-state index in [2.05, 4.69) is 64.0 Å². The van der Waals surface area contributed by atoms with E-state index < -0.39 is 0 Å². The summed E-state index contributed by atoms with van der Waals surface area (Å²) in [6.45, 7) is 2.78. The Morgan fingerprint density at radius 2 is 1.89 bits per heavy atom. The number of nitrogens with two attached hydrogens (primary N) is 1. The summed E-state index contributed by atoms with van der Waals surface area (Å²) in [5.74, 6) is 0.699. The molecule has 0 bridgehead atoms. The highest BCUT2D eigenvalue weighted by Crippen LogP contribution is 2.23. The Bertz CT molecular complexity index is 1080. The van der Waals surface area contributed by atoms with Gasteiger partial charge in [-0.25, -0.2) is 4.98 Å². The normalized spacial score (nSPS) is 12.3. The van der Waals surface area contributed by atoms with Gasteiger partial charge in [0.15, 0.2) is 5.82 Å². The highest BCUT2D eigenvalue weighted by molar-refractivity contribution is 7.10. The molecule has 27 heavy (non-hydrogen) atoms. The number of thiophene rings is 1. The number of quaternary nitrogens is 1. The maximum atomic E-state index is 12.3. The number of hydrogen-bond acceptors (Lipinski definition) is 3. The zero-order chi connectivity index (χ0) is 18.6. The molecule has 2 aromatic heterocycles. The highest BCUT2D eigenvalue weighted by atomic mass is 32.1. The van der Waals surface area contributed by atoms with Gasteiger partial charge in [-0.05, 0) is 35.6 Å². The van der Waals surface area contributed by atoms with Gasteiger partial charge in [0, 0.05) is 5.56 Å². The minimum absolute atomic E-state index is 0.0797. The minimum Gasteiger partial charge on any atom is -0.329 e. The lowest BCUT2D eigenvalue weighted by molar-refractivity contribution is -0.702. The number of rotatable bonds is 6. The lowest BCUT2D eigenvalue weighted by atomic mass is 10.0. The molecule has 0 unspecified atom stereocenters. The van der Waals surface area contributed by atoms with Gasteiger partial charge in [-0.2, -0.15) is 0 Å². The third-order valence-corrected chi connectivity index (χ3v) is 5.76. The molecular weight excluding hydrogens is 354 g/mol. The summed E-state index contributed by atoms with van der Waals surface area (Å²) in [6.07, 6.45) is 1.04. The molecule has 0 aliphatic rings. The van der Waals surface area contributed by atoms with Crippen LogP contribution in [0.15, 0.2) is 70.8 Å². The van der Waals surface area contributed by atoms with E-state index in [-0.39, 0.29) is 11.6 Å². The van der Waals surface area contributed by atoms with Gasteiger partial charge in [-0.1, -0.05) is 49.4 Å². The number of nitrogens with zero attached hydrogens (tertiary/aromatic N) is 1. The van der Waals surface area contributed by atoms with Gasteiger partial charge in [0.2, 0.25) is 0 Å². The third-order valence-electron chi connectivity index (χ3n) is 4.81. The van der Waals surface area contributed by atoms with E-state index in [0.717, 1.165) is 11.9 Å². The van der Waals surface area contributed by atoms with Crippen molar-refractivity contribution in [1.29, 1.82) is 0 Å². The monoisotopic (exact) mass is 376 g/mol. The Balaban J connectivity index is 1.61. The molecule has 1 atom stereocenters. The average molecular weight is 377 g/mol. The van der Waals surface area contributed by atoms with Crippen molar-refractivity contribution in [2.45, 2.75) is 25.9 Å². The molecule has 0 spiro atoms. The summed E-state index contributed by atoms with van der Waals surface area (Å²) in [5.41, 5.74) is 3.26. The molecule has 4 rings (SSSR count). The minimum atomic E-state index is -0.0797. The molecule has 2 aromatic carbocycles. The zero-order valence-electron chi connectivity index (χ0n) is 15.2. The lowest BCUT2D eigenvalue weighted by Crippen LogP contribution is -2.84. The van der Waals surface area contributed by atoms with Crippen LogP contribution in [0, 0.1) is 0 Å². The van der Waals surface area contributed by atoms with Crippen LogP contribution >= 0.6 is 11.3 Å². The number of H-pyrrole nitrogens is 1. The van der Waals surface area contributed by atoms with Crippen molar-refractivity contribution in [3.8, 4) is 0 Å². The van der Waals surface area contributed by atoms with Gasteiger partial charge < -0.3 is 10.3 Å². The van der Waals surface area contributed by atoms with Crippen molar-refractivity contribution >= 4 is 22.2 Å². The lowest BCUT2D eigenvalue weighted by Gasteiger charge is -2.15. The average Bonchev–Trinajstić information content (AvgIpc) is 3.23. The largest absolute Gasteiger partial charge is 0.329 e. The van der Waals surface area contributed by atoms with Crippen LogP contribution in [0.2, 0.25) is 0 Å². The van der Waals surface area contributed by atoms with Gasteiger partial charge >= 0.3 is 0 Å². The number of aromatic nitrogens is 2. The van der Waals surface area contributed by atoms with Crippen LogP contribution < -0.4 is 10.9 Å². The van der Waals surface area contributed by atoms with Crippen LogP contribution in [0.4, 0.5) is 0 Å². The van der Waals surface area contributed by atoms with Crippen LogP contribution in [0.1, 0.15) is 34.8 Å². The van der Waals surface area contributed by atoms with Crippen LogP contribution in [-0.4, -0.2) is 9.97 Å². The van der Waals surface area contributed by atoms with E-state index >= 15 is 0 Å². The second kappa shape index (κ2) is 7.86. The maximum absolute atomic E-state index is 12.3. The van der Waals surface area contributed by atoms with Crippen LogP contribution in [-0.2, 0) is 13.0 Å². The molecule has 0 radical (unpaired) electrons. The summed E-state index contributed by atoms with van der Waals surface area (Å²) in [4.78, 5) is 21.2. The number of hydrogen-bond donors (Lipinski definition) is 2. The summed E-state index contributed by atoms with van der Waals surface area (Å²) >= 11 is 1.75. The Morgan fingerprint density at radius 1 is 1.07 bits per heavy atom. The Hall–Kier alpha value is -2.76. The molecule has 136 valence electrons. The Kier molecular flexibility index (Phi) is 5.14. The first kappa shape index (κ1) is 17.6. The van der Waals surface area contributed by atoms with Gasteiger partial charge in [-0.3, -0.25) is 4.79 Å². The first-order valence-electron chi connectivity index (χ1n) is 9.18. The van der Waals surface area contributed by atoms with Gasteiger partial charge in [0.1, 0.15) is 12.6 Å². The summed E-state index contributed by atoms with van der Waals surface area (Å²) in [6, 6.07) is 20.7. The molecule has 5 heteroatoms. The number of benzene rings is 2. The van der Waals surface area contributed by atoms with Crippen LogP contribution in [0.3, 0.4) is 0 Å². The molecule has 0 saturated heterocycles. The maximum Gasteiger partial charge on any atom is 0.258 e. The quantitative estimate of drug-likeness (QED) is 0.542. The second-order valence-corrected chi connectivity index (χ2v) is 7.54. The predicted molar refractivity (Wildman–Crippen MR) is 110 cm³/mol. The van der Waals surface area contributed by atoms with Gasteiger partial charge in [0.25, 0.3) is 5.56 Å². The van der Waals surface area contributed by atoms with Crippen LogP contribution in [0.25, 0.3) is 10.9 Å². The third kappa shape index (κ3) is 3.84. The van der Waals surface area contributed by atoms with Crippen molar-refractivity contribution < 1.29 is 5.32 Å². The molecule has 2 heterocycles. The van der Waals surface area contributed by atoms with Crippen molar-refractivity contribution in [1.82, 2.24) is 9.97 Å². The van der Waals surface area contributed by atoms with Gasteiger partial charge in [-0.15, -0.1) is 11.3 Å². The van der Waals surface area contributed by atoms with E-state index in [9.17, 15) is 4.79 Å². The fourth-order valence-electron chi connectivity index (χ4n) is 3.31. The molecule has 0 fully saturated rings. The number of fused-ring (bicyclic) bond motifs is 1. The topological polar surface area (TPSA) is 62.4 Å². The smallest absolute Gasteiger partial charge is 0.258 e. The van der Waals surface area contributed by atoms with E-state index in [1.807, 2.05) is 18.2 Å². The second-order valence-electron chi connectivity index (χ2n) is 6.56. The number of aryl methyl sites for hydroxylation is 1. The van der Waals surface area contributed by atoms with Gasteiger partial charge in [0.05, 0.1) is 15.8 Å². The van der Waals surface area contributed by atoms with Crippen molar-refractivity contribution in [3.05, 3.63) is 98.2 Å². The number of para-hydroxylation sites is 1. The fourth-order valence-corrected chi connectivity index (χ4v) is 4.16. The number of aromatic amines is 1. The predicted octanol–water partition coefficient (Wildman–Crippen LogP) is 3.40. The van der Waals surface area contributed by atoms with Crippen molar-refractivity contribution in [3.63, 3.8) is 0 Å². The molecule has 0 aliphatic carbocycles. The highest BCUT2D eigenvalue weighted by Gasteiger charge is 2.19.